The van der Waals surface area contributed by atoms with E-state index in [0.717, 1.165) is 54.1 Å². The van der Waals surface area contributed by atoms with E-state index in [9.17, 15) is 10.4 Å². The first-order chi connectivity index (χ1) is 17.8. The lowest BCUT2D eigenvalue weighted by Crippen LogP contribution is -2.42. The van der Waals surface area contributed by atoms with Crippen molar-refractivity contribution >= 4 is 17.2 Å². The molecule has 1 unspecified atom stereocenters. The molecule has 0 radical (unpaired) electrons. The third-order valence-corrected chi connectivity index (χ3v) is 7.96. The second-order valence-electron chi connectivity index (χ2n) is 10.6. The fourth-order valence-electron chi connectivity index (χ4n) is 5.37. The number of hydrogen-bond donors (Lipinski definition) is 1. The number of allylic oxidation sites excluding steroid dienone is 6. The monoisotopic (exact) mass is 513 g/mol. The molecule has 0 spiro atoms. The van der Waals surface area contributed by atoms with Gasteiger partial charge in [-0.05, 0) is 80.7 Å². The van der Waals surface area contributed by atoms with Crippen LogP contribution in [0.15, 0.2) is 84.3 Å². The van der Waals surface area contributed by atoms with Gasteiger partial charge in [-0.2, -0.15) is 5.26 Å². The zero-order chi connectivity index (χ0) is 26.0. The summed E-state index contributed by atoms with van der Waals surface area (Å²) < 4.78 is 6.26. The second-order valence-corrected chi connectivity index (χ2v) is 11.0. The molecule has 1 saturated heterocycles. The highest BCUT2D eigenvalue weighted by Crippen LogP contribution is 2.43. The number of halogens is 1. The summed E-state index contributed by atoms with van der Waals surface area (Å²) in [5, 5.41) is 21.7. The zero-order valence-electron chi connectivity index (χ0n) is 21.3. The summed E-state index contributed by atoms with van der Waals surface area (Å²) in [5.41, 5.74) is 2.58. The fourth-order valence-corrected chi connectivity index (χ4v) is 5.49. The van der Waals surface area contributed by atoms with E-state index in [1.54, 1.807) is 6.20 Å². The molecule has 0 bridgehead atoms. The van der Waals surface area contributed by atoms with Gasteiger partial charge in [-0.3, -0.25) is 0 Å². The van der Waals surface area contributed by atoms with Crippen LogP contribution >= 0.6 is 11.6 Å². The van der Waals surface area contributed by atoms with Crippen LogP contribution in [0.25, 0.3) is 5.57 Å². The van der Waals surface area contributed by atoms with Crippen molar-refractivity contribution in [3.05, 3.63) is 100 Å². The molecule has 1 aliphatic carbocycles. The van der Waals surface area contributed by atoms with Gasteiger partial charge in [-0.15, -0.1) is 0 Å². The number of pyridine rings is 1. The van der Waals surface area contributed by atoms with Crippen LogP contribution in [-0.4, -0.2) is 34.6 Å². The van der Waals surface area contributed by atoms with Gasteiger partial charge >= 0.3 is 0 Å². The van der Waals surface area contributed by atoms with Crippen molar-refractivity contribution < 1.29 is 9.84 Å². The number of rotatable bonds is 5. The first-order valence-electron chi connectivity index (χ1n) is 12.8. The van der Waals surface area contributed by atoms with E-state index < -0.39 is 11.0 Å². The molecule has 2 aromatic rings. The van der Waals surface area contributed by atoms with Crippen LogP contribution in [0, 0.1) is 22.7 Å². The second kappa shape index (κ2) is 10.3. The Bertz CT molecular complexity index is 1320. The molecule has 0 amide bonds. The first-order valence-corrected chi connectivity index (χ1v) is 13.2. The summed E-state index contributed by atoms with van der Waals surface area (Å²) in [6.45, 7) is 6.50. The Hall–Kier alpha value is -3.17. The molecular weight excluding hydrogens is 482 g/mol. The van der Waals surface area contributed by atoms with Crippen molar-refractivity contribution in [3.8, 4) is 11.9 Å². The van der Waals surface area contributed by atoms with Crippen molar-refractivity contribution in [2.45, 2.75) is 38.7 Å². The minimum absolute atomic E-state index is 0.0807. The van der Waals surface area contributed by atoms with Gasteiger partial charge in [0.2, 0.25) is 5.88 Å². The summed E-state index contributed by atoms with van der Waals surface area (Å²) >= 11 is 6.03. The number of aliphatic hydroxyl groups is 1. The fraction of sp³-hybridized carbons (Fsp3) is 0.355. The highest BCUT2D eigenvalue weighted by molar-refractivity contribution is 6.30. The highest BCUT2D eigenvalue weighted by atomic mass is 35.5. The normalized spacial score (nSPS) is 22.1. The predicted octanol–water partition coefficient (Wildman–Crippen LogP) is 6.43. The number of fused-ring (bicyclic) bond motifs is 2. The molecule has 1 fully saturated rings. The smallest absolute Gasteiger partial charge is 0.227 e. The van der Waals surface area contributed by atoms with Crippen molar-refractivity contribution in [2.75, 3.05) is 19.6 Å². The molecule has 37 heavy (non-hydrogen) atoms. The van der Waals surface area contributed by atoms with E-state index in [-0.39, 0.29) is 5.92 Å². The van der Waals surface area contributed by atoms with E-state index in [0.29, 0.717) is 23.7 Å². The molecule has 2 aliphatic heterocycles. The van der Waals surface area contributed by atoms with Crippen LogP contribution in [0.2, 0.25) is 5.02 Å². The lowest BCUT2D eigenvalue weighted by molar-refractivity contribution is -0.0254. The van der Waals surface area contributed by atoms with Crippen LogP contribution in [0.3, 0.4) is 0 Å². The minimum atomic E-state index is -0.799. The molecule has 5 nitrogen and oxygen atoms in total. The molecule has 190 valence electrons. The van der Waals surface area contributed by atoms with Crippen molar-refractivity contribution in [3.63, 3.8) is 0 Å². The molecule has 1 aromatic heterocycles. The lowest BCUT2D eigenvalue weighted by atomic mass is 9.73. The molecule has 3 aliphatic rings. The van der Waals surface area contributed by atoms with E-state index in [1.807, 2.05) is 62.4 Å². The maximum Gasteiger partial charge on any atom is 0.227 e. The molecule has 1 atom stereocenters. The molecule has 1 N–H and O–H groups in total. The molecule has 3 heterocycles. The zero-order valence-corrected chi connectivity index (χ0v) is 22.1. The Balaban J connectivity index is 1.33. The van der Waals surface area contributed by atoms with E-state index in [4.69, 9.17) is 16.3 Å². The van der Waals surface area contributed by atoms with Gasteiger partial charge in [-0.25, -0.2) is 4.98 Å². The SMILES string of the molecule is CC(C)(C#N)C1C=CC=C2Oc3ncccc3C(=CCCN3CCC(O)(c4ccc(Cl)cc4)CC3)C=C21. The standard InChI is InChI=1S/C31H32ClN3O2/c1-30(2,21-33)27-8-3-9-28-26(27)20-22(25-7-4-16-34-29(25)37-28)6-5-17-35-18-14-31(36,15-19-35)23-10-12-24(32)13-11-23/h3-4,6-13,16,20,27,36H,5,14-15,17-19H2,1-2H3. The van der Waals surface area contributed by atoms with Crippen LogP contribution in [0.1, 0.15) is 44.2 Å². The Labute approximate surface area is 224 Å². The van der Waals surface area contributed by atoms with Crippen LogP contribution < -0.4 is 4.74 Å². The molecular formula is C31H32ClN3O2. The van der Waals surface area contributed by atoms with Gasteiger partial charge in [0.1, 0.15) is 5.76 Å². The van der Waals surface area contributed by atoms with Gasteiger partial charge in [0.15, 0.2) is 0 Å². The number of likely N-dealkylation sites (tertiary alicyclic amines) is 1. The summed E-state index contributed by atoms with van der Waals surface area (Å²) in [5.74, 6) is 1.25. The summed E-state index contributed by atoms with van der Waals surface area (Å²) in [4.78, 5) is 6.91. The Morgan fingerprint density at radius 1 is 1.24 bits per heavy atom. The number of aromatic nitrogens is 1. The van der Waals surface area contributed by atoms with Gasteiger partial charge in [-0.1, -0.05) is 42.0 Å². The number of nitrogens with zero attached hydrogens (tertiary/aromatic N) is 3. The third-order valence-electron chi connectivity index (χ3n) is 7.71. The Morgan fingerprint density at radius 3 is 2.73 bits per heavy atom. The largest absolute Gasteiger partial charge is 0.438 e. The maximum atomic E-state index is 11.2. The molecule has 0 saturated carbocycles. The topological polar surface area (TPSA) is 69.4 Å². The average Bonchev–Trinajstić information content (AvgIpc) is 3.06. The van der Waals surface area contributed by atoms with Crippen molar-refractivity contribution in [2.24, 2.45) is 11.3 Å². The molecule has 5 rings (SSSR count). The predicted molar refractivity (Wildman–Crippen MR) is 147 cm³/mol. The summed E-state index contributed by atoms with van der Waals surface area (Å²) in [6, 6.07) is 14.0. The number of benzene rings is 1. The summed E-state index contributed by atoms with van der Waals surface area (Å²) in [6.07, 6.45) is 14.4. The Morgan fingerprint density at radius 2 is 2.00 bits per heavy atom. The highest BCUT2D eigenvalue weighted by Gasteiger charge is 2.36. The number of nitriles is 1. The van der Waals surface area contributed by atoms with E-state index in [2.05, 4.69) is 34.2 Å². The number of hydrogen-bond acceptors (Lipinski definition) is 5. The van der Waals surface area contributed by atoms with Crippen molar-refractivity contribution in [1.82, 2.24) is 9.88 Å². The minimum Gasteiger partial charge on any atom is -0.438 e. The number of piperidine rings is 1. The molecule has 1 aromatic carbocycles. The van der Waals surface area contributed by atoms with Crippen LogP contribution in [-0.2, 0) is 5.60 Å². The van der Waals surface area contributed by atoms with Gasteiger partial charge in [0.05, 0.1) is 17.1 Å². The third kappa shape index (κ3) is 5.29. The van der Waals surface area contributed by atoms with Crippen LogP contribution in [0.4, 0.5) is 0 Å². The van der Waals surface area contributed by atoms with Crippen molar-refractivity contribution in [1.29, 1.82) is 5.26 Å². The van der Waals surface area contributed by atoms with Gasteiger partial charge in [0.25, 0.3) is 0 Å². The average molecular weight is 514 g/mol. The summed E-state index contributed by atoms with van der Waals surface area (Å²) in [7, 11) is 0. The van der Waals surface area contributed by atoms with E-state index in [1.165, 1.54) is 0 Å². The van der Waals surface area contributed by atoms with Gasteiger partial charge < -0.3 is 14.7 Å². The first kappa shape index (κ1) is 25.5. The quantitative estimate of drug-likeness (QED) is 0.499. The molecule has 6 heteroatoms. The Kier molecular flexibility index (Phi) is 7.09. The number of ether oxygens (including phenoxy) is 1. The maximum absolute atomic E-state index is 11.2. The van der Waals surface area contributed by atoms with Gasteiger partial charge in [0, 0.05) is 47.9 Å². The lowest BCUT2D eigenvalue weighted by Gasteiger charge is -2.38. The van der Waals surface area contributed by atoms with E-state index >= 15 is 0 Å². The van der Waals surface area contributed by atoms with Crippen LogP contribution in [0.5, 0.6) is 5.88 Å².